The van der Waals surface area contributed by atoms with Gasteiger partial charge in [0.25, 0.3) is 0 Å². The molecule has 6 nitrogen and oxygen atoms in total. The molecule has 0 aliphatic heterocycles. The van der Waals surface area contributed by atoms with E-state index in [0.29, 0.717) is 5.95 Å². The molecule has 0 fully saturated rings. The molecular formula is C21H21N5O. The second-order valence-electron chi connectivity index (χ2n) is 6.35. The lowest BCUT2D eigenvalue weighted by atomic mass is 10.1. The molecule has 2 aromatic heterocycles. The minimum absolute atomic E-state index is 0.703. The second-order valence-corrected chi connectivity index (χ2v) is 6.35. The highest BCUT2D eigenvalue weighted by molar-refractivity contribution is 5.62. The van der Waals surface area contributed by atoms with Gasteiger partial charge in [-0.05, 0) is 24.6 Å². The lowest BCUT2D eigenvalue weighted by Crippen LogP contribution is -1.98. The summed E-state index contributed by atoms with van der Waals surface area (Å²) in [5.74, 6) is 1.46. The molecule has 0 amide bonds. The molecule has 0 aliphatic rings. The van der Waals surface area contributed by atoms with E-state index in [1.54, 1.807) is 13.4 Å². The largest absolute Gasteiger partial charge is 0.494 e. The van der Waals surface area contributed by atoms with Gasteiger partial charge in [-0.1, -0.05) is 30.3 Å². The summed E-state index contributed by atoms with van der Waals surface area (Å²) >= 11 is 0. The topological polar surface area (TPSA) is 67.8 Å². The molecular weight excluding hydrogens is 338 g/mol. The summed E-state index contributed by atoms with van der Waals surface area (Å²) in [7, 11) is 1.66. The van der Waals surface area contributed by atoms with Crippen LogP contribution in [-0.4, -0.2) is 26.6 Å². The van der Waals surface area contributed by atoms with Crippen molar-refractivity contribution < 1.29 is 4.74 Å². The zero-order chi connectivity index (χ0) is 18.6. The van der Waals surface area contributed by atoms with Crippen molar-refractivity contribution in [3.8, 4) is 11.4 Å². The monoisotopic (exact) mass is 359 g/mol. The predicted molar refractivity (Wildman–Crippen MR) is 106 cm³/mol. The van der Waals surface area contributed by atoms with Gasteiger partial charge in [-0.2, -0.15) is 0 Å². The van der Waals surface area contributed by atoms with Crippen LogP contribution in [0.25, 0.3) is 5.69 Å². The maximum absolute atomic E-state index is 5.55. The lowest BCUT2D eigenvalue weighted by Gasteiger charge is -2.11. The van der Waals surface area contributed by atoms with Crippen LogP contribution in [0.1, 0.15) is 17.0 Å². The number of hydrogen-bond donors (Lipinski definition) is 2. The third-order valence-corrected chi connectivity index (χ3v) is 4.30. The number of methoxy groups -OCH3 is 1. The molecule has 4 rings (SSSR count). The van der Waals surface area contributed by atoms with Crippen molar-refractivity contribution in [1.82, 2.24) is 19.5 Å². The normalized spacial score (nSPS) is 10.7. The maximum Gasteiger partial charge on any atom is 0.204 e. The Labute approximate surface area is 157 Å². The lowest BCUT2D eigenvalue weighted by molar-refractivity contribution is 0.413. The standard InChI is InChI=1S/C21H21N5O/c1-15-13-26(14-23-15)19-9-8-17(11-20(19)27-2)24-21-22-12-18(25-21)10-16-6-4-3-5-7-16/h3-9,11-14H,10H2,1-2H3,(H2,22,24,25). The average molecular weight is 359 g/mol. The van der Waals surface area contributed by atoms with E-state index in [9.17, 15) is 0 Å². The van der Waals surface area contributed by atoms with Crippen LogP contribution in [0.3, 0.4) is 0 Å². The van der Waals surface area contributed by atoms with Crippen LogP contribution in [-0.2, 0) is 6.42 Å². The van der Waals surface area contributed by atoms with Gasteiger partial charge in [0.05, 0.1) is 31.0 Å². The molecule has 0 aliphatic carbocycles. The van der Waals surface area contributed by atoms with Crippen molar-refractivity contribution in [1.29, 1.82) is 0 Å². The third kappa shape index (κ3) is 3.84. The molecule has 2 aromatic carbocycles. The molecule has 2 N–H and O–H groups in total. The number of rotatable bonds is 6. The molecule has 136 valence electrons. The average Bonchev–Trinajstić information content (AvgIpc) is 3.31. The Balaban J connectivity index is 1.51. The Hall–Kier alpha value is -3.54. The first-order valence-electron chi connectivity index (χ1n) is 8.75. The summed E-state index contributed by atoms with van der Waals surface area (Å²) in [6.45, 7) is 1.96. The minimum Gasteiger partial charge on any atom is -0.494 e. The van der Waals surface area contributed by atoms with Gasteiger partial charge < -0.3 is 19.6 Å². The molecule has 27 heavy (non-hydrogen) atoms. The first-order valence-corrected chi connectivity index (χ1v) is 8.75. The van der Waals surface area contributed by atoms with E-state index in [0.717, 1.165) is 34.9 Å². The van der Waals surface area contributed by atoms with Gasteiger partial charge in [0.15, 0.2) is 0 Å². The number of hydrogen-bond acceptors (Lipinski definition) is 4. The number of ether oxygens (including phenoxy) is 1. The minimum atomic E-state index is 0.703. The molecule has 0 saturated heterocycles. The summed E-state index contributed by atoms with van der Waals surface area (Å²) in [6.07, 6.45) is 6.42. The SMILES string of the molecule is COc1cc(Nc2ncc(Cc3ccccc3)[nH]2)ccc1-n1cnc(C)c1. The van der Waals surface area contributed by atoms with E-state index in [4.69, 9.17) is 4.74 Å². The Morgan fingerprint density at radius 2 is 1.96 bits per heavy atom. The molecule has 0 bridgehead atoms. The van der Waals surface area contributed by atoms with Crippen molar-refractivity contribution in [2.45, 2.75) is 13.3 Å². The zero-order valence-electron chi connectivity index (χ0n) is 15.3. The first kappa shape index (κ1) is 16.9. The molecule has 0 radical (unpaired) electrons. The summed E-state index contributed by atoms with van der Waals surface area (Å²) in [6, 6.07) is 16.3. The number of nitrogens with zero attached hydrogens (tertiary/aromatic N) is 3. The number of anilines is 2. The highest BCUT2D eigenvalue weighted by atomic mass is 16.5. The number of H-pyrrole nitrogens is 1. The molecule has 0 spiro atoms. The van der Waals surface area contributed by atoms with Crippen LogP contribution >= 0.6 is 0 Å². The van der Waals surface area contributed by atoms with Gasteiger partial charge in [-0.25, -0.2) is 9.97 Å². The fraction of sp³-hybridized carbons (Fsp3) is 0.143. The third-order valence-electron chi connectivity index (χ3n) is 4.30. The van der Waals surface area contributed by atoms with Gasteiger partial charge in [-0.15, -0.1) is 0 Å². The van der Waals surface area contributed by atoms with Crippen LogP contribution < -0.4 is 10.1 Å². The highest BCUT2D eigenvalue weighted by Gasteiger charge is 2.09. The van der Waals surface area contributed by atoms with Gasteiger partial charge in [0.1, 0.15) is 5.75 Å². The number of aryl methyl sites for hydroxylation is 1. The summed E-state index contributed by atoms with van der Waals surface area (Å²) < 4.78 is 7.50. The molecule has 0 atom stereocenters. The quantitative estimate of drug-likeness (QED) is 0.540. The fourth-order valence-corrected chi connectivity index (χ4v) is 2.99. The summed E-state index contributed by atoms with van der Waals surface area (Å²) in [5, 5.41) is 3.30. The number of nitrogens with one attached hydrogen (secondary N) is 2. The van der Waals surface area contributed by atoms with E-state index in [-0.39, 0.29) is 0 Å². The van der Waals surface area contributed by atoms with E-state index < -0.39 is 0 Å². The molecule has 0 saturated carbocycles. The number of imidazole rings is 2. The Kier molecular flexibility index (Phi) is 4.61. The number of aromatic nitrogens is 4. The molecule has 4 aromatic rings. The summed E-state index contributed by atoms with van der Waals surface area (Å²) in [4.78, 5) is 12.0. The maximum atomic E-state index is 5.55. The molecule has 6 heteroatoms. The van der Waals surface area contributed by atoms with Crippen LogP contribution in [0.4, 0.5) is 11.6 Å². The molecule has 0 unspecified atom stereocenters. The first-order chi connectivity index (χ1) is 13.2. The fourth-order valence-electron chi connectivity index (χ4n) is 2.99. The van der Waals surface area contributed by atoms with Gasteiger partial charge >= 0.3 is 0 Å². The van der Waals surface area contributed by atoms with Crippen LogP contribution in [0.15, 0.2) is 67.3 Å². The van der Waals surface area contributed by atoms with Crippen molar-refractivity contribution in [3.63, 3.8) is 0 Å². The second kappa shape index (κ2) is 7.37. The van der Waals surface area contributed by atoms with E-state index in [1.807, 2.05) is 60.3 Å². The van der Waals surface area contributed by atoms with E-state index >= 15 is 0 Å². The highest BCUT2D eigenvalue weighted by Crippen LogP contribution is 2.28. The summed E-state index contributed by atoms with van der Waals surface area (Å²) in [5.41, 5.74) is 5.09. The van der Waals surface area contributed by atoms with Crippen molar-refractivity contribution in [2.75, 3.05) is 12.4 Å². The van der Waals surface area contributed by atoms with Crippen molar-refractivity contribution in [3.05, 3.63) is 84.2 Å². The van der Waals surface area contributed by atoms with Crippen LogP contribution in [0.2, 0.25) is 0 Å². The zero-order valence-corrected chi connectivity index (χ0v) is 15.3. The van der Waals surface area contributed by atoms with Crippen LogP contribution in [0.5, 0.6) is 5.75 Å². The number of benzene rings is 2. The predicted octanol–water partition coefficient (Wildman–Crippen LogP) is 4.25. The van der Waals surface area contributed by atoms with Gasteiger partial charge in [0, 0.05) is 30.1 Å². The van der Waals surface area contributed by atoms with E-state index in [1.165, 1.54) is 5.56 Å². The van der Waals surface area contributed by atoms with Crippen LogP contribution in [0, 0.1) is 6.92 Å². The smallest absolute Gasteiger partial charge is 0.204 e. The molecule has 2 heterocycles. The van der Waals surface area contributed by atoms with Gasteiger partial charge in [0.2, 0.25) is 5.95 Å². The van der Waals surface area contributed by atoms with Crippen molar-refractivity contribution in [2.24, 2.45) is 0 Å². The number of aromatic amines is 1. The van der Waals surface area contributed by atoms with E-state index in [2.05, 4.69) is 32.4 Å². The Morgan fingerprint density at radius 3 is 2.70 bits per heavy atom. The van der Waals surface area contributed by atoms with Gasteiger partial charge in [-0.3, -0.25) is 0 Å². The Morgan fingerprint density at radius 1 is 1.11 bits per heavy atom. The Bertz CT molecular complexity index is 1040. The van der Waals surface area contributed by atoms with Crippen molar-refractivity contribution >= 4 is 11.6 Å².